The summed E-state index contributed by atoms with van der Waals surface area (Å²) in [5.41, 5.74) is 1.72. The summed E-state index contributed by atoms with van der Waals surface area (Å²) in [7, 11) is 0. The molecule has 11 heteroatoms. The molecule has 1 aromatic heterocycles. The molecule has 2 heterocycles. The molecule has 3 amide bonds. The molecule has 2 aromatic rings. The van der Waals surface area contributed by atoms with Crippen LogP contribution in [0.2, 0.25) is 0 Å². The van der Waals surface area contributed by atoms with Crippen LogP contribution in [0.1, 0.15) is 92.9 Å². The molecule has 1 unspecified atom stereocenters. The number of hydrogen-bond donors (Lipinski definition) is 1. The second-order valence-corrected chi connectivity index (χ2v) is 12.1. The molecule has 5 rings (SSSR count). The number of halogens is 2. The third kappa shape index (κ3) is 7.84. The maximum Gasteiger partial charge on any atom is 0.387 e. The van der Waals surface area contributed by atoms with Crippen LogP contribution < -0.4 is 14.8 Å². The highest BCUT2D eigenvalue weighted by Crippen LogP contribution is 2.38. The van der Waals surface area contributed by atoms with Gasteiger partial charge in [0.25, 0.3) is 5.91 Å². The summed E-state index contributed by atoms with van der Waals surface area (Å²) in [4.78, 5) is 47.7. The molecule has 1 N–H and O–H groups in total. The van der Waals surface area contributed by atoms with E-state index in [4.69, 9.17) is 4.74 Å². The Morgan fingerprint density at radius 3 is 2.52 bits per heavy atom. The Labute approximate surface area is 257 Å². The van der Waals surface area contributed by atoms with Gasteiger partial charge in [-0.2, -0.15) is 8.78 Å². The van der Waals surface area contributed by atoms with E-state index in [0.717, 1.165) is 37.8 Å². The van der Waals surface area contributed by atoms with Crippen LogP contribution in [0.3, 0.4) is 0 Å². The summed E-state index contributed by atoms with van der Waals surface area (Å²) >= 11 is 0. The summed E-state index contributed by atoms with van der Waals surface area (Å²) in [6.07, 6.45) is 8.26. The van der Waals surface area contributed by atoms with Crippen molar-refractivity contribution < 1.29 is 32.6 Å². The van der Waals surface area contributed by atoms with Gasteiger partial charge in [0.2, 0.25) is 11.8 Å². The number of aromatic nitrogens is 1. The predicted octanol–water partition coefficient (Wildman–Crippen LogP) is 5.29. The normalized spacial score (nSPS) is 20.4. The number of nitrogens with zero attached hydrogens (tertiary/aromatic N) is 3. The van der Waals surface area contributed by atoms with E-state index < -0.39 is 12.7 Å². The lowest BCUT2D eigenvalue weighted by Crippen LogP contribution is -2.45. The fourth-order valence-electron chi connectivity index (χ4n) is 6.42. The number of hydrogen-bond acceptors (Lipinski definition) is 6. The molecule has 44 heavy (non-hydrogen) atoms. The second kappa shape index (κ2) is 14.3. The number of pyridine rings is 1. The average Bonchev–Trinajstić information content (AvgIpc) is 3.73. The second-order valence-electron chi connectivity index (χ2n) is 12.1. The van der Waals surface area contributed by atoms with Crippen LogP contribution in [0.15, 0.2) is 36.4 Å². The Bertz CT molecular complexity index is 1330. The molecule has 1 aliphatic heterocycles. The summed E-state index contributed by atoms with van der Waals surface area (Å²) < 4.78 is 35.8. The minimum Gasteiger partial charge on any atom is -0.490 e. The lowest BCUT2D eigenvalue weighted by molar-refractivity contribution is -0.136. The zero-order chi connectivity index (χ0) is 31.2. The van der Waals surface area contributed by atoms with Gasteiger partial charge in [-0.25, -0.2) is 4.98 Å². The van der Waals surface area contributed by atoms with E-state index >= 15 is 0 Å². The van der Waals surface area contributed by atoms with Crippen LogP contribution in [0.5, 0.6) is 11.5 Å². The number of carbonyl (C=O) groups excluding carboxylic acids is 3. The van der Waals surface area contributed by atoms with Crippen LogP contribution in [0, 0.1) is 5.92 Å². The first-order valence-corrected chi connectivity index (χ1v) is 15.8. The zero-order valence-electron chi connectivity index (χ0n) is 25.5. The third-order valence-electron chi connectivity index (χ3n) is 8.86. The third-order valence-corrected chi connectivity index (χ3v) is 8.86. The van der Waals surface area contributed by atoms with Gasteiger partial charge in [0.05, 0.1) is 18.8 Å². The molecule has 2 aliphatic carbocycles. The highest BCUT2D eigenvalue weighted by molar-refractivity contribution is 5.92. The molecule has 0 radical (unpaired) electrons. The minimum atomic E-state index is -2.99. The number of likely N-dealkylation sites (tertiary alicyclic amines) is 1. The summed E-state index contributed by atoms with van der Waals surface area (Å²) in [5.74, 6) is -0.102. The lowest BCUT2D eigenvalue weighted by Gasteiger charge is -2.34. The first-order valence-electron chi connectivity index (χ1n) is 15.8. The average molecular weight is 613 g/mol. The van der Waals surface area contributed by atoms with Crippen molar-refractivity contribution in [2.75, 3.05) is 19.7 Å². The van der Waals surface area contributed by atoms with E-state index in [-0.39, 0.29) is 54.3 Å². The predicted molar refractivity (Wildman–Crippen MR) is 159 cm³/mol. The van der Waals surface area contributed by atoms with Crippen molar-refractivity contribution in [2.45, 2.75) is 96.4 Å². The molecular weight excluding hydrogens is 570 g/mol. The van der Waals surface area contributed by atoms with Gasteiger partial charge in [-0.05, 0) is 74.8 Å². The van der Waals surface area contributed by atoms with Crippen molar-refractivity contribution in [1.29, 1.82) is 0 Å². The van der Waals surface area contributed by atoms with Crippen LogP contribution in [0.25, 0.3) is 0 Å². The van der Waals surface area contributed by atoms with Crippen molar-refractivity contribution in [3.63, 3.8) is 0 Å². The fraction of sp³-hybridized carbons (Fsp3) is 0.576. The van der Waals surface area contributed by atoms with Crippen LogP contribution >= 0.6 is 0 Å². The number of benzene rings is 1. The minimum absolute atomic E-state index is 0.0465. The Hall–Kier alpha value is -3.76. The van der Waals surface area contributed by atoms with E-state index in [1.54, 1.807) is 37.3 Å². The topological polar surface area (TPSA) is 101 Å². The van der Waals surface area contributed by atoms with Gasteiger partial charge in [-0.15, -0.1) is 0 Å². The number of ether oxygens (including phenoxy) is 2. The first-order chi connectivity index (χ1) is 21.2. The molecule has 1 saturated heterocycles. The maximum absolute atomic E-state index is 13.6. The maximum atomic E-state index is 13.6. The SMILES string of the molecule is CCOc1cc(C2C[C@H](C(=O)NCc3cccc(C(=O)N(CC4CC4)C4CCCCC4)n3)N(C(C)=O)C2)ccc1OC(F)F. The van der Waals surface area contributed by atoms with Gasteiger partial charge >= 0.3 is 6.61 Å². The standard InChI is InChI=1S/C33H42F2N4O5/c1-3-43-30-17-23(14-15-29(30)44-33(34)35)24-16-28(38(20-24)21(2)40)31(41)36-18-25-8-7-11-27(37-25)32(42)39(19-22-12-13-22)26-9-5-4-6-10-26/h7-8,11,14-15,17,22,24,26,28,33H,3-6,9-10,12-13,16,18-20H2,1-2H3,(H,36,41)/t24?,28-/m1/s1. The van der Waals surface area contributed by atoms with Crippen LogP contribution in [-0.2, 0) is 16.1 Å². The van der Waals surface area contributed by atoms with Crippen molar-refractivity contribution in [2.24, 2.45) is 5.92 Å². The number of alkyl halides is 2. The van der Waals surface area contributed by atoms with Gasteiger partial charge in [0.1, 0.15) is 11.7 Å². The molecule has 2 saturated carbocycles. The van der Waals surface area contributed by atoms with Crippen molar-refractivity contribution in [3.8, 4) is 11.5 Å². The molecule has 3 aliphatic rings. The highest BCUT2D eigenvalue weighted by Gasteiger charge is 2.39. The summed E-state index contributed by atoms with van der Waals surface area (Å²) in [6.45, 7) is 1.64. The number of nitrogens with one attached hydrogen (secondary N) is 1. The van der Waals surface area contributed by atoms with Crippen molar-refractivity contribution >= 4 is 17.7 Å². The highest BCUT2D eigenvalue weighted by atomic mass is 19.3. The number of rotatable bonds is 12. The molecule has 0 bridgehead atoms. The largest absolute Gasteiger partial charge is 0.490 e. The quantitative estimate of drug-likeness (QED) is 0.350. The molecule has 238 valence electrons. The summed E-state index contributed by atoms with van der Waals surface area (Å²) in [5, 5.41) is 2.91. The lowest BCUT2D eigenvalue weighted by atomic mass is 9.93. The monoisotopic (exact) mass is 612 g/mol. The van der Waals surface area contributed by atoms with Crippen LogP contribution in [0.4, 0.5) is 8.78 Å². The number of carbonyl (C=O) groups is 3. The van der Waals surface area contributed by atoms with Crippen molar-refractivity contribution in [1.82, 2.24) is 20.1 Å². The smallest absolute Gasteiger partial charge is 0.387 e. The van der Waals surface area contributed by atoms with E-state index in [1.165, 1.54) is 37.2 Å². The van der Waals surface area contributed by atoms with Gasteiger partial charge in [0.15, 0.2) is 11.5 Å². The van der Waals surface area contributed by atoms with Crippen molar-refractivity contribution in [3.05, 3.63) is 53.3 Å². The fourth-order valence-corrected chi connectivity index (χ4v) is 6.42. The van der Waals surface area contributed by atoms with E-state index in [0.29, 0.717) is 30.3 Å². The van der Waals surface area contributed by atoms with E-state index in [1.807, 2.05) is 4.90 Å². The Morgan fingerprint density at radius 2 is 1.84 bits per heavy atom. The molecule has 3 fully saturated rings. The molecule has 0 spiro atoms. The Balaban J connectivity index is 1.24. The molecule has 2 atom stereocenters. The number of amides is 3. The van der Waals surface area contributed by atoms with Gasteiger partial charge < -0.3 is 24.6 Å². The summed E-state index contributed by atoms with van der Waals surface area (Å²) in [6, 6.07) is 9.58. The Morgan fingerprint density at radius 1 is 1.07 bits per heavy atom. The van der Waals surface area contributed by atoms with Gasteiger partial charge in [0, 0.05) is 32.0 Å². The van der Waals surface area contributed by atoms with E-state index in [9.17, 15) is 23.2 Å². The van der Waals surface area contributed by atoms with Crippen LogP contribution in [-0.4, -0.2) is 70.9 Å². The molecule has 1 aromatic carbocycles. The zero-order valence-corrected chi connectivity index (χ0v) is 25.5. The Kier molecular flexibility index (Phi) is 10.3. The molecular formula is C33H42F2N4O5. The van der Waals surface area contributed by atoms with E-state index in [2.05, 4.69) is 15.0 Å². The first kappa shape index (κ1) is 31.7. The molecule has 9 nitrogen and oxygen atoms in total. The van der Waals surface area contributed by atoms with Gasteiger partial charge in [-0.3, -0.25) is 14.4 Å². The van der Waals surface area contributed by atoms with Gasteiger partial charge in [-0.1, -0.05) is 31.4 Å².